The van der Waals surface area contributed by atoms with Crippen molar-refractivity contribution in [2.45, 2.75) is 51.8 Å². The third-order valence-electron chi connectivity index (χ3n) is 2.98. The third kappa shape index (κ3) is 3.35. The molecule has 0 aliphatic carbocycles. The first-order valence-electron chi connectivity index (χ1n) is 6.45. The maximum atomic E-state index is 12.1. The van der Waals surface area contributed by atoms with Crippen molar-refractivity contribution in [3.8, 4) is 0 Å². The summed E-state index contributed by atoms with van der Waals surface area (Å²) in [5, 5.41) is 0. The molecule has 0 N–H and O–H groups in total. The van der Waals surface area contributed by atoms with E-state index in [0.717, 1.165) is 25.1 Å². The van der Waals surface area contributed by atoms with E-state index in [-0.39, 0.29) is 12.0 Å². The molecule has 18 heavy (non-hydrogen) atoms. The minimum atomic E-state index is -0.421. The summed E-state index contributed by atoms with van der Waals surface area (Å²) in [5.41, 5.74) is -0.421. The quantitative estimate of drug-likeness (QED) is 0.774. The van der Waals surface area contributed by atoms with E-state index in [2.05, 4.69) is 4.90 Å². The molecule has 0 amide bonds. The maximum Gasteiger partial charge on any atom is 0.323 e. The van der Waals surface area contributed by atoms with Gasteiger partial charge < -0.3 is 9.15 Å². The molecule has 1 aromatic heterocycles. The van der Waals surface area contributed by atoms with E-state index in [1.54, 1.807) is 6.26 Å². The maximum absolute atomic E-state index is 12.1. The Kier molecular flexibility index (Phi) is 3.76. The molecule has 1 unspecified atom stereocenters. The van der Waals surface area contributed by atoms with Crippen LogP contribution in [0.3, 0.4) is 0 Å². The number of furan rings is 1. The Morgan fingerprint density at radius 2 is 2.33 bits per heavy atom. The van der Waals surface area contributed by atoms with Crippen LogP contribution in [0.15, 0.2) is 22.8 Å². The van der Waals surface area contributed by atoms with Crippen molar-refractivity contribution in [1.29, 1.82) is 0 Å². The SMILES string of the molecule is CC(C)(C)OC(=O)C1CCCN1Cc1ccco1. The Labute approximate surface area is 108 Å². The van der Waals surface area contributed by atoms with Crippen LogP contribution < -0.4 is 0 Å². The van der Waals surface area contributed by atoms with Gasteiger partial charge in [-0.3, -0.25) is 9.69 Å². The molecule has 4 nitrogen and oxygen atoms in total. The largest absolute Gasteiger partial charge is 0.468 e. The molecule has 2 heterocycles. The lowest BCUT2D eigenvalue weighted by Gasteiger charge is -2.26. The van der Waals surface area contributed by atoms with E-state index in [4.69, 9.17) is 9.15 Å². The molecule has 1 aliphatic rings. The number of ether oxygens (including phenoxy) is 1. The number of carbonyl (C=O) groups is 1. The normalized spacial score (nSPS) is 21.2. The van der Waals surface area contributed by atoms with E-state index < -0.39 is 5.60 Å². The smallest absolute Gasteiger partial charge is 0.323 e. The van der Waals surface area contributed by atoms with Gasteiger partial charge in [-0.1, -0.05) is 0 Å². The molecule has 0 bridgehead atoms. The Bertz CT molecular complexity index is 392. The van der Waals surface area contributed by atoms with E-state index in [0.29, 0.717) is 6.54 Å². The van der Waals surface area contributed by atoms with Gasteiger partial charge in [0, 0.05) is 0 Å². The molecule has 0 radical (unpaired) electrons. The monoisotopic (exact) mass is 251 g/mol. The first-order valence-corrected chi connectivity index (χ1v) is 6.45. The number of esters is 1. The van der Waals surface area contributed by atoms with Crippen molar-refractivity contribution in [1.82, 2.24) is 4.90 Å². The lowest BCUT2D eigenvalue weighted by Crippen LogP contribution is -2.40. The molecule has 0 saturated carbocycles. The van der Waals surface area contributed by atoms with Crippen LogP contribution in [0.5, 0.6) is 0 Å². The first-order chi connectivity index (χ1) is 8.46. The van der Waals surface area contributed by atoms with Crippen LogP contribution in [0.4, 0.5) is 0 Å². The predicted octanol–water partition coefficient (Wildman–Crippen LogP) is 2.59. The molecular formula is C14H21NO3. The number of nitrogens with zero attached hydrogens (tertiary/aromatic N) is 1. The highest BCUT2D eigenvalue weighted by atomic mass is 16.6. The fourth-order valence-electron chi connectivity index (χ4n) is 2.25. The van der Waals surface area contributed by atoms with Gasteiger partial charge in [-0.05, 0) is 52.3 Å². The lowest BCUT2D eigenvalue weighted by molar-refractivity contribution is -0.160. The number of carbonyl (C=O) groups excluding carboxylic acids is 1. The molecule has 4 heteroatoms. The highest BCUT2D eigenvalue weighted by Gasteiger charge is 2.34. The summed E-state index contributed by atoms with van der Waals surface area (Å²) in [6, 6.07) is 3.67. The lowest BCUT2D eigenvalue weighted by atomic mass is 10.1. The second kappa shape index (κ2) is 5.14. The minimum Gasteiger partial charge on any atom is -0.468 e. The van der Waals surface area contributed by atoms with Gasteiger partial charge >= 0.3 is 5.97 Å². The third-order valence-corrected chi connectivity index (χ3v) is 2.98. The second-order valence-electron chi connectivity index (χ2n) is 5.74. The number of rotatable bonds is 3. The van der Waals surface area contributed by atoms with Gasteiger partial charge in [0.05, 0.1) is 12.8 Å². The standard InChI is InChI=1S/C14H21NO3/c1-14(2,3)18-13(16)12-7-4-8-15(12)10-11-6-5-9-17-11/h5-6,9,12H,4,7-8,10H2,1-3H3. The summed E-state index contributed by atoms with van der Waals surface area (Å²) >= 11 is 0. The van der Waals surface area contributed by atoms with E-state index in [9.17, 15) is 4.79 Å². The zero-order chi connectivity index (χ0) is 13.2. The van der Waals surface area contributed by atoms with Crippen LogP contribution >= 0.6 is 0 Å². The van der Waals surface area contributed by atoms with E-state index in [1.165, 1.54) is 0 Å². The number of likely N-dealkylation sites (tertiary alicyclic amines) is 1. The molecule has 2 rings (SSSR count). The topological polar surface area (TPSA) is 42.7 Å². The molecule has 1 aliphatic heterocycles. The van der Waals surface area contributed by atoms with Gasteiger partial charge in [0.15, 0.2) is 0 Å². The van der Waals surface area contributed by atoms with Gasteiger partial charge in [0.2, 0.25) is 0 Å². The second-order valence-corrected chi connectivity index (χ2v) is 5.74. The summed E-state index contributed by atoms with van der Waals surface area (Å²) < 4.78 is 10.8. The summed E-state index contributed by atoms with van der Waals surface area (Å²) in [5.74, 6) is 0.775. The van der Waals surface area contributed by atoms with Crippen molar-refractivity contribution in [3.63, 3.8) is 0 Å². The summed E-state index contributed by atoms with van der Waals surface area (Å²) in [6.07, 6.45) is 3.56. The Morgan fingerprint density at radius 3 is 2.94 bits per heavy atom. The summed E-state index contributed by atoms with van der Waals surface area (Å²) in [6.45, 7) is 7.30. The van der Waals surface area contributed by atoms with Crippen LogP contribution in [0, 0.1) is 0 Å². The zero-order valence-electron chi connectivity index (χ0n) is 11.3. The zero-order valence-corrected chi connectivity index (χ0v) is 11.3. The predicted molar refractivity (Wildman–Crippen MR) is 68.0 cm³/mol. The Morgan fingerprint density at radius 1 is 1.56 bits per heavy atom. The molecule has 1 saturated heterocycles. The first kappa shape index (κ1) is 13.1. The van der Waals surface area contributed by atoms with Crippen molar-refractivity contribution < 1.29 is 13.9 Å². The molecule has 0 aromatic carbocycles. The van der Waals surface area contributed by atoms with Crippen molar-refractivity contribution >= 4 is 5.97 Å². The molecule has 0 spiro atoms. The Balaban J connectivity index is 1.97. The van der Waals surface area contributed by atoms with Crippen LogP contribution in [-0.2, 0) is 16.1 Å². The fraction of sp³-hybridized carbons (Fsp3) is 0.643. The van der Waals surface area contributed by atoms with Gasteiger partial charge in [-0.25, -0.2) is 0 Å². The highest BCUT2D eigenvalue weighted by Crippen LogP contribution is 2.23. The van der Waals surface area contributed by atoms with Crippen LogP contribution in [0.2, 0.25) is 0 Å². The van der Waals surface area contributed by atoms with Gasteiger partial charge in [-0.2, -0.15) is 0 Å². The molecule has 1 atom stereocenters. The minimum absolute atomic E-state index is 0.119. The number of hydrogen-bond donors (Lipinski definition) is 0. The van der Waals surface area contributed by atoms with E-state index >= 15 is 0 Å². The Hall–Kier alpha value is -1.29. The van der Waals surface area contributed by atoms with Crippen molar-refractivity contribution in [2.24, 2.45) is 0 Å². The molecule has 1 aromatic rings. The summed E-state index contributed by atoms with van der Waals surface area (Å²) in [7, 11) is 0. The summed E-state index contributed by atoms with van der Waals surface area (Å²) in [4.78, 5) is 14.2. The van der Waals surface area contributed by atoms with E-state index in [1.807, 2.05) is 32.9 Å². The average molecular weight is 251 g/mol. The molecular weight excluding hydrogens is 230 g/mol. The molecule has 1 fully saturated rings. The van der Waals surface area contributed by atoms with Crippen LogP contribution in [0.25, 0.3) is 0 Å². The highest BCUT2D eigenvalue weighted by molar-refractivity contribution is 5.76. The van der Waals surface area contributed by atoms with Gasteiger partial charge in [0.1, 0.15) is 17.4 Å². The van der Waals surface area contributed by atoms with Crippen molar-refractivity contribution in [3.05, 3.63) is 24.2 Å². The molecule has 100 valence electrons. The van der Waals surface area contributed by atoms with Crippen LogP contribution in [-0.4, -0.2) is 29.1 Å². The fourth-order valence-corrected chi connectivity index (χ4v) is 2.25. The average Bonchev–Trinajstić information content (AvgIpc) is 2.86. The van der Waals surface area contributed by atoms with Crippen molar-refractivity contribution in [2.75, 3.05) is 6.54 Å². The number of hydrogen-bond acceptors (Lipinski definition) is 4. The van der Waals surface area contributed by atoms with Gasteiger partial charge in [0.25, 0.3) is 0 Å². The van der Waals surface area contributed by atoms with Crippen LogP contribution in [0.1, 0.15) is 39.4 Å². The van der Waals surface area contributed by atoms with Gasteiger partial charge in [-0.15, -0.1) is 0 Å².